The van der Waals surface area contributed by atoms with Gasteiger partial charge < -0.3 is 15.8 Å². The van der Waals surface area contributed by atoms with Gasteiger partial charge in [0.15, 0.2) is 0 Å². The van der Waals surface area contributed by atoms with Crippen molar-refractivity contribution in [1.82, 2.24) is 5.32 Å². The third kappa shape index (κ3) is 2.86. The topological polar surface area (TPSA) is 64.4 Å². The maximum absolute atomic E-state index is 12.2. The number of carbonyl (C=O) groups excluding carboxylic acids is 1. The lowest BCUT2D eigenvalue weighted by molar-refractivity contribution is -0.136. The zero-order valence-electron chi connectivity index (χ0n) is 9.78. The fourth-order valence-electron chi connectivity index (χ4n) is 2.05. The van der Waals surface area contributed by atoms with E-state index in [0.29, 0.717) is 26.3 Å². The van der Waals surface area contributed by atoms with Crippen molar-refractivity contribution in [3.8, 4) is 0 Å². The average Bonchev–Trinajstić information content (AvgIpc) is 2.90. The Hall–Kier alpha value is -0.910. The standard InChI is InChI=1S/C12H18N2O2S/c13-9-12(3-5-16-6-4-12)11(15)14-8-10-2-1-7-17-10/h1-2,7H,3-6,8-9,13H2,(H,14,15). The van der Waals surface area contributed by atoms with Crippen LogP contribution in [0.3, 0.4) is 0 Å². The summed E-state index contributed by atoms with van der Waals surface area (Å²) in [4.78, 5) is 13.4. The second kappa shape index (κ2) is 5.62. The Balaban J connectivity index is 1.93. The Morgan fingerprint density at radius 3 is 2.88 bits per heavy atom. The number of rotatable bonds is 4. The van der Waals surface area contributed by atoms with Crippen LogP contribution >= 0.6 is 11.3 Å². The van der Waals surface area contributed by atoms with Crippen LogP contribution in [0.15, 0.2) is 17.5 Å². The highest BCUT2D eigenvalue weighted by Gasteiger charge is 2.38. The van der Waals surface area contributed by atoms with Crippen LogP contribution in [-0.2, 0) is 16.1 Å². The summed E-state index contributed by atoms with van der Waals surface area (Å²) in [7, 11) is 0. The van der Waals surface area contributed by atoms with Gasteiger partial charge in [-0.05, 0) is 24.3 Å². The van der Waals surface area contributed by atoms with E-state index < -0.39 is 5.41 Å². The van der Waals surface area contributed by atoms with E-state index in [9.17, 15) is 4.79 Å². The van der Waals surface area contributed by atoms with E-state index in [-0.39, 0.29) is 5.91 Å². The van der Waals surface area contributed by atoms with Crippen molar-refractivity contribution in [3.63, 3.8) is 0 Å². The van der Waals surface area contributed by atoms with Crippen LogP contribution in [0.1, 0.15) is 17.7 Å². The molecule has 1 aromatic rings. The monoisotopic (exact) mass is 254 g/mol. The summed E-state index contributed by atoms with van der Waals surface area (Å²) in [5.41, 5.74) is 5.35. The Labute approximate surface area is 105 Å². The molecule has 1 aliphatic rings. The highest BCUT2D eigenvalue weighted by Crippen LogP contribution is 2.29. The van der Waals surface area contributed by atoms with Gasteiger partial charge in [-0.2, -0.15) is 0 Å². The molecule has 5 heteroatoms. The SMILES string of the molecule is NCC1(C(=O)NCc2cccs2)CCOCC1. The predicted octanol–water partition coefficient (Wildman–Crippen LogP) is 1.12. The predicted molar refractivity (Wildman–Crippen MR) is 67.7 cm³/mol. The minimum absolute atomic E-state index is 0.0664. The largest absolute Gasteiger partial charge is 0.381 e. The quantitative estimate of drug-likeness (QED) is 0.846. The number of hydrogen-bond acceptors (Lipinski definition) is 4. The molecule has 0 bridgehead atoms. The third-order valence-electron chi connectivity index (χ3n) is 3.33. The smallest absolute Gasteiger partial charge is 0.227 e. The average molecular weight is 254 g/mol. The first-order chi connectivity index (χ1) is 8.27. The molecule has 2 heterocycles. The molecule has 0 unspecified atom stereocenters. The zero-order chi connectivity index (χ0) is 12.1. The Bertz CT molecular complexity index is 359. The molecule has 1 aliphatic heterocycles. The lowest BCUT2D eigenvalue weighted by Crippen LogP contribution is -2.48. The molecule has 0 saturated carbocycles. The Morgan fingerprint density at radius 1 is 1.53 bits per heavy atom. The number of nitrogens with two attached hydrogens (primary N) is 1. The number of ether oxygens (including phenoxy) is 1. The van der Waals surface area contributed by atoms with Crippen molar-refractivity contribution in [2.24, 2.45) is 11.1 Å². The molecule has 0 spiro atoms. The van der Waals surface area contributed by atoms with E-state index in [1.54, 1.807) is 11.3 Å². The normalized spacial score (nSPS) is 18.9. The molecule has 4 nitrogen and oxygen atoms in total. The van der Waals surface area contributed by atoms with Gasteiger partial charge >= 0.3 is 0 Å². The zero-order valence-corrected chi connectivity index (χ0v) is 10.6. The van der Waals surface area contributed by atoms with Gasteiger partial charge in [0.1, 0.15) is 0 Å². The maximum Gasteiger partial charge on any atom is 0.227 e. The summed E-state index contributed by atoms with van der Waals surface area (Å²) in [6, 6.07) is 4.00. The Morgan fingerprint density at radius 2 is 2.29 bits per heavy atom. The first-order valence-corrected chi connectivity index (χ1v) is 6.73. The molecule has 1 aromatic heterocycles. The van der Waals surface area contributed by atoms with Crippen LogP contribution in [0.5, 0.6) is 0 Å². The lowest BCUT2D eigenvalue weighted by atomic mass is 9.79. The van der Waals surface area contributed by atoms with Crippen molar-refractivity contribution < 1.29 is 9.53 Å². The first kappa shape index (κ1) is 12.5. The van der Waals surface area contributed by atoms with E-state index >= 15 is 0 Å². The fraction of sp³-hybridized carbons (Fsp3) is 0.583. The van der Waals surface area contributed by atoms with Crippen molar-refractivity contribution in [3.05, 3.63) is 22.4 Å². The minimum Gasteiger partial charge on any atom is -0.381 e. The van der Waals surface area contributed by atoms with Crippen LogP contribution in [-0.4, -0.2) is 25.7 Å². The van der Waals surface area contributed by atoms with Gasteiger partial charge in [0, 0.05) is 24.6 Å². The number of hydrogen-bond donors (Lipinski definition) is 2. The van der Waals surface area contributed by atoms with Gasteiger partial charge in [0.25, 0.3) is 0 Å². The van der Waals surface area contributed by atoms with Crippen molar-refractivity contribution in [1.29, 1.82) is 0 Å². The van der Waals surface area contributed by atoms with Crippen molar-refractivity contribution in [2.75, 3.05) is 19.8 Å². The second-order valence-corrected chi connectivity index (χ2v) is 5.39. The highest BCUT2D eigenvalue weighted by atomic mass is 32.1. The van der Waals surface area contributed by atoms with Crippen LogP contribution in [0.25, 0.3) is 0 Å². The highest BCUT2D eigenvalue weighted by molar-refractivity contribution is 7.09. The van der Waals surface area contributed by atoms with Crippen LogP contribution in [0.4, 0.5) is 0 Å². The third-order valence-corrected chi connectivity index (χ3v) is 4.20. The number of amides is 1. The molecule has 3 N–H and O–H groups in total. The van der Waals surface area contributed by atoms with E-state index in [2.05, 4.69) is 5.32 Å². The number of carbonyl (C=O) groups is 1. The number of nitrogens with one attached hydrogen (secondary N) is 1. The van der Waals surface area contributed by atoms with E-state index in [1.165, 1.54) is 0 Å². The summed E-state index contributed by atoms with van der Waals surface area (Å²) in [6.45, 7) is 2.25. The molecule has 0 aromatic carbocycles. The molecule has 1 saturated heterocycles. The first-order valence-electron chi connectivity index (χ1n) is 5.85. The summed E-state index contributed by atoms with van der Waals surface area (Å²) in [6.07, 6.45) is 1.44. The molecule has 0 aliphatic carbocycles. The lowest BCUT2D eigenvalue weighted by Gasteiger charge is -2.34. The molecule has 17 heavy (non-hydrogen) atoms. The summed E-state index contributed by atoms with van der Waals surface area (Å²) < 4.78 is 5.29. The minimum atomic E-state index is -0.421. The van der Waals surface area contributed by atoms with Crippen LogP contribution < -0.4 is 11.1 Å². The molecule has 0 atom stereocenters. The summed E-state index contributed by atoms with van der Waals surface area (Å²) in [5, 5.41) is 4.99. The summed E-state index contributed by atoms with van der Waals surface area (Å²) >= 11 is 1.65. The van der Waals surface area contributed by atoms with Gasteiger partial charge in [-0.15, -0.1) is 11.3 Å². The summed E-state index contributed by atoms with van der Waals surface area (Å²) in [5.74, 6) is 0.0664. The molecular weight excluding hydrogens is 236 g/mol. The van der Waals surface area contributed by atoms with Crippen LogP contribution in [0, 0.1) is 5.41 Å². The van der Waals surface area contributed by atoms with E-state index in [0.717, 1.165) is 17.7 Å². The van der Waals surface area contributed by atoms with Gasteiger partial charge in [-0.25, -0.2) is 0 Å². The van der Waals surface area contributed by atoms with Gasteiger partial charge in [-0.1, -0.05) is 6.07 Å². The van der Waals surface area contributed by atoms with Gasteiger partial charge in [-0.3, -0.25) is 4.79 Å². The van der Waals surface area contributed by atoms with Crippen LogP contribution in [0.2, 0.25) is 0 Å². The van der Waals surface area contributed by atoms with E-state index in [1.807, 2.05) is 17.5 Å². The molecule has 94 valence electrons. The van der Waals surface area contributed by atoms with Crippen molar-refractivity contribution in [2.45, 2.75) is 19.4 Å². The molecule has 1 fully saturated rings. The molecular formula is C12H18N2O2S. The maximum atomic E-state index is 12.2. The molecule has 1 amide bonds. The molecule has 0 radical (unpaired) electrons. The number of thiophene rings is 1. The van der Waals surface area contributed by atoms with Crippen molar-refractivity contribution >= 4 is 17.2 Å². The van der Waals surface area contributed by atoms with Gasteiger partial charge in [0.05, 0.1) is 12.0 Å². The second-order valence-electron chi connectivity index (χ2n) is 4.36. The Kier molecular flexibility index (Phi) is 4.15. The fourth-order valence-corrected chi connectivity index (χ4v) is 2.70. The van der Waals surface area contributed by atoms with Gasteiger partial charge in [0.2, 0.25) is 5.91 Å². The molecule has 2 rings (SSSR count). The van der Waals surface area contributed by atoms with E-state index in [4.69, 9.17) is 10.5 Å².